The summed E-state index contributed by atoms with van der Waals surface area (Å²) in [6.45, 7) is 2.65. The summed E-state index contributed by atoms with van der Waals surface area (Å²) in [5, 5.41) is 0.773. The number of nitrogens with zero attached hydrogens (tertiary/aromatic N) is 1. The molecule has 3 rings (SSSR count). The predicted molar refractivity (Wildman–Crippen MR) is 97.1 cm³/mol. The molecule has 0 aliphatic carbocycles. The average Bonchev–Trinajstić information content (AvgIpc) is 2.55. The van der Waals surface area contributed by atoms with Crippen molar-refractivity contribution >= 4 is 17.7 Å². The molecule has 0 spiro atoms. The average molecular weight is 328 g/mol. The molecule has 2 nitrogen and oxygen atoms in total. The van der Waals surface area contributed by atoms with Crippen molar-refractivity contribution in [3.05, 3.63) is 70.3 Å². The summed E-state index contributed by atoms with van der Waals surface area (Å²) >= 11 is 6.00. The zero-order valence-electron chi connectivity index (χ0n) is 13.5. The molecule has 0 aromatic heterocycles. The van der Waals surface area contributed by atoms with Crippen LogP contribution < -0.4 is 4.74 Å². The molecule has 0 unspecified atom stereocenters. The Morgan fingerprint density at radius 3 is 3.00 bits per heavy atom. The van der Waals surface area contributed by atoms with Gasteiger partial charge in [0.15, 0.2) is 0 Å². The van der Waals surface area contributed by atoms with Gasteiger partial charge in [-0.15, -0.1) is 0 Å². The monoisotopic (exact) mass is 327 g/mol. The number of fused-ring (bicyclic) bond motifs is 1. The van der Waals surface area contributed by atoms with E-state index in [1.807, 2.05) is 18.2 Å². The van der Waals surface area contributed by atoms with Crippen LogP contribution in [0.25, 0.3) is 6.08 Å². The fourth-order valence-corrected chi connectivity index (χ4v) is 3.04. The second kappa shape index (κ2) is 7.67. The summed E-state index contributed by atoms with van der Waals surface area (Å²) in [6, 6.07) is 14.5. The third-order valence-electron chi connectivity index (χ3n) is 4.01. The number of aryl methyl sites for hydroxylation is 1. The zero-order valence-corrected chi connectivity index (χ0v) is 14.2. The summed E-state index contributed by atoms with van der Waals surface area (Å²) < 4.78 is 5.75. The highest BCUT2D eigenvalue weighted by atomic mass is 35.5. The van der Waals surface area contributed by atoms with Crippen molar-refractivity contribution in [3.8, 4) is 5.75 Å². The minimum absolute atomic E-state index is 0.773. The number of hydrogen-bond donors (Lipinski definition) is 0. The van der Waals surface area contributed by atoms with Gasteiger partial charge < -0.3 is 4.74 Å². The first-order chi connectivity index (χ1) is 11.2. The lowest BCUT2D eigenvalue weighted by Crippen LogP contribution is -2.18. The van der Waals surface area contributed by atoms with Gasteiger partial charge >= 0.3 is 0 Å². The number of rotatable bonds is 5. The van der Waals surface area contributed by atoms with E-state index in [0.717, 1.165) is 48.9 Å². The van der Waals surface area contributed by atoms with Gasteiger partial charge in [-0.1, -0.05) is 48.0 Å². The SMILES string of the molecule is CN(C/C=C/c1cccc(Cl)c1)Cc1ccc2c(c1)OCCC2. The number of hydrogen-bond acceptors (Lipinski definition) is 2. The van der Waals surface area contributed by atoms with Crippen molar-refractivity contribution in [1.29, 1.82) is 0 Å². The molecule has 0 atom stereocenters. The lowest BCUT2D eigenvalue weighted by Gasteiger charge is -2.20. The van der Waals surface area contributed by atoms with Crippen molar-refractivity contribution in [2.24, 2.45) is 0 Å². The summed E-state index contributed by atoms with van der Waals surface area (Å²) in [5.41, 5.74) is 3.76. The van der Waals surface area contributed by atoms with E-state index in [0.29, 0.717) is 0 Å². The molecule has 2 aromatic rings. The minimum atomic E-state index is 0.773. The molecular formula is C20H22ClNO. The van der Waals surface area contributed by atoms with Crippen LogP contribution in [0, 0.1) is 0 Å². The molecule has 0 amide bonds. The van der Waals surface area contributed by atoms with Gasteiger partial charge in [0.05, 0.1) is 6.61 Å². The summed E-state index contributed by atoms with van der Waals surface area (Å²) in [4.78, 5) is 2.28. The van der Waals surface area contributed by atoms with Crippen molar-refractivity contribution in [2.75, 3.05) is 20.2 Å². The Morgan fingerprint density at radius 1 is 1.22 bits per heavy atom. The molecule has 0 N–H and O–H groups in total. The molecule has 2 aromatic carbocycles. The molecule has 1 aliphatic heterocycles. The molecule has 0 saturated carbocycles. The van der Waals surface area contributed by atoms with Gasteiger partial charge in [-0.2, -0.15) is 0 Å². The Morgan fingerprint density at radius 2 is 2.13 bits per heavy atom. The lowest BCUT2D eigenvalue weighted by atomic mass is 10.0. The largest absolute Gasteiger partial charge is 0.493 e. The highest BCUT2D eigenvalue weighted by Gasteiger charge is 2.10. The van der Waals surface area contributed by atoms with Crippen LogP contribution in [0.3, 0.4) is 0 Å². The number of ether oxygens (including phenoxy) is 1. The second-order valence-electron chi connectivity index (χ2n) is 6.05. The molecule has 3 heteroatoms. The lowest BCUT2D eigenvalue weighted by molar-refractivity contribution is 0.287. The number of benzene rings is 2. The van der Waals surface area contributed by atoms with Crippen molar-refractivity contribution < 1.29 is 4.74 Å². The van der Waals surface area contributed by atoms with Crippen LogP contribution in [0.15, 0.2) is 48.5 Å². The number of likely N-dealkylation sites (N-methyl/N-ethyl adjacent to an activating group) is 1. The first-order valence-corrected chi connectivity index (χ1v) is 8.44. The Balaban J connectivity index is 1.56. The van der Waals surface area contributed by atoms with E-state index in [-0.39, 0.29) is 0 Å². The fourth-order valence-electron chi connectivity index (χ4n) is 2.84. The third-order valence-corrected chi connectivity index (χ3v) is 4.24. The van der Waals surface area contributed by atoms with E-state index in [1.165, 1.54) is 11.1 Å². The topological polar surface area (TPSA) is 12.5 Å². The Labute approximate surface area is 143 Å². The van der Waals surface area contributed by atoms with Gasteiger partial charge in [-0.3, -0.25) is 4.90 Å². The molecule has 23 heavy (non-hydrogen) atoms. The first kappa shape index (κ1) is 16.1. The van der Waals surface area contributed by atoms with E-state index < -0.39 is 0 Å². The van der Waals surface area contributed by atoms with Gasteiger partial charge in [0, 0.05) is 18.1 Å². The highest BCUT2D eigenvalue weighted by molar-refractivity contribution is 6.30. The fraction of sp³-hybridized carbons (Fsp3) is 0.300. The normalized spacial score (nSPS) is 14.0. The van der Waals surface area contributed by atoms with Gasteiger partial charge in [0.1, 0.15) is 5.75 Å². The zero-order chi connectivity index (χ0) is 16.1. The van der Waals surface area contributed by atoms with Crippen LogP contribution >= 0.6 is 11.6 Å². The quantitative estimate of drug-likeness (QED) is 0.781. The Hall–Kier alpha value is -1.77. The first-order valence-electron chi connectivity index (χ1n) is 8.06. The summed E-state index contributed by atoms with van der Waals surface area (Å²) in [6.07, 6.45) is 6.54. The standard InChI is InChI=1S/C20H22ClNO/c1-22(11-3-6-16-5-2-8-19(21)13-16)15-17-9-10-18-7-4-12-23-20(18)14-17/h2-3,5-6,8-10,13-14H,4,7,11-12,15H2,1H3/b6-3+. The molecule has 0 bridgehead atoms. The van der Waals surface area contributed by atoms with E-state index in [1.54, 1.807) is 0 Å². The minimum Gasteiger partial charge on any atom is -0.493 e. The molecular weight excluding hydrogens is 306 g/mol. The molecule has 0 saturated heterocycles. The van der Waals surface area contributed by atoms with Crippen LogP contribution in [0.4, 0.5) is 0 Å². The van der Waals surface area contributed by atoms with E-state index in [9.17, 15) is 0 Å². The van der Waals surface area contributed by atoms with Crippen molar-refractivity contribution in [3.63, 3.8) is 0 Å². The summed E-state index contributed by atoms with van der Waals surface area (Å²) in [5.74, 6) is 1.07. The highest BCUT2D eigenvalue weighted by Crippen LogP contribution is 2.26. The molecule has 0 fully saturated rings. The Kier molecular flexibility index (Phi) is 5.37. The maximum atomic E-state index is 6.00. The predicted octanol–water partition coefficient (Wildman–Crippen LogP) is 4.81. The van der Waals surface area contributed by atoms with E-state index in [4.69, 9.17) is 16.3 Å². The second-order valence-corrected chi connectivity index (χ2v) is 6.48. The van der Waals surface area contributed by atoms with E-state index in [2.05, 4.69) is 48.4 Å². The molecule has 120 valence electrons. The molecule has 0 radical (unpaired) electrons. The van der Waals surface area contributed by atoms with Gasteiger partial charge in [-0.25, -0.2) is 0 Å². The Bertz CT molecular complexity index is 696. The summed E-state index contributed by atoms with van der Waals surface area (Å²) in [7, 11) is 2.13. The number of halogens is 1. The van der Waals surface area contributed by atoms with Crippen LogP contribution in [-0.2, 0) is 13.0 Å². The maximum absolute atomic E-state index is 6.00. The van der Waals surface area contributed by atoms with Crippen molar-refractivity contribution in [2.45, 2.75) is 19.4 Å². The van der Waals surface area contributed by atoms with Gasteiger partial charge in [0.25, 0.3) is 0 Å². The molecule has 1 aliphatic rings. The van der Waals surface area contributed by atoms with Crippen LogP contribution in [0.2, 0.25) is 5.02 Å². The van der Waals surface area contributed by atoms with Crippen LogP contribution in [0.5, 0.6) is 5.75 Å². The van der Waals surface area contributed by atoms with Crippen molar-refractivity contribution in [1.82, 2.24) is 4.90 Å². The van der Waals surface area contributed by atoms with Crippen LogP contribution in [0.1, 0.15) is 23.1 Å². The molecule has 1 heterocycles. The van der Waals surface area contributed by atoms with Crippen LogP contribution in [-0.4, -0.2) is 25.1 Å². The maximum Gasteiger partial charge on any atom is 0.122 e. The van der Waals surface area contributed by atoms with Gasteiger partial charge in [-0.05, 0) is 54.8 Å². The van der Waals surface area contributed by atoms with Gasteiger partial charge in [0.2, 0.25) is 0 Å². The van der Waals surface area contributed by atoms with E-state index >= 15 is 0 Å². The third kappa shape index (κ3) is 4.60. The smallest absolute Gasteiger partial charge is 0.122 e.